The third-order valence-electron chi connectivity index (χ3n) is 4.57. The Balaban J connectivity index is 1.81. The second kappa shape index (κ2) is 11.0. The average molecular weight is 532 g/mol. The topological polar surface area (TPSA) is 97.3 Å². The summed E-state index contributed by atoms with van der Waals surface area (Å²) in [6.45, 7) is -0.462. The van der Waals surface area contributed by atoms with E-state index in [1.165, 1.54) is 25.5 Å². The summed E-state index contributed by atoms with van der Waals surface area (Å²) in [4.78, 5) is 12.7. The monoisotopic (exact) mass is 531 g/mol. The number of rotatable bonds is 9. The van der Waals surface area contributed by atoms with Crippen molar-refractivity contribution in [1.82, 2.24) is 5.43 Å². The van der Waals surface area contributed by atoms with Gasteiger partial charge in [-0.15, -0.1) is 0 Å². The summed E-state index contributed by atoms with van der Waals surface area (Å²) in [5.41, 5.74) is 3.33. The number of ether oxygens (including phenoxy) is 2. The van der Waals surface area contributed by atoms with Gasteiger partial charge in [0, 0.05) is 16.1 Å². The Labute approximate surface area is 201 Å². The van der Waals surface area contributed by atoms with E-state index < -0.39 is 22.5 Å². The second-order valence-electron chi connectivity index (χ2n) is 6.70. The molecule has 0 unspecified atom stereocenters. The number of methoxy groups -OCH3 is 2. The van der Waals surface area contributed by atoms with Crippen molar-refractivity contribution in [3.8, 4) is 11.5 Å². The van der Waals surface area contributed by atoms with Crippen LogP contribution in [0.5, 0.6) is 11.5 Å². The predicted molar refractivity (Wildman–Crippen MR) is 130 cm³/mol. The first kappa shape index (κ1) is 24.3. The van der Waals surface area contributed by atoms with E-state index in [0.29, 0.717) is 22.7 Å². The number of carbonyl (C=O) groups is 1. The first-order valence-corrected chi connectivity index (χ1v) is 12.0. The van der Waals surface area contributed by atoms with Crippen molar-refractivity contribution in [2.24, 2.45) is 5.10 Å². The van der Waals surface area contributed by atoms with E-state index in [2.05, 4.69) is 26.5 Å². The van der Waals surface area contributed by atoms with E-state index in [9.17, 15) is 13.2 Å². The van der Waals surface area contributed by atoms with Crippen molar-refractivity contribution >= 4 is 43.8 Å². The minimum absolute atomic E-state index is 0.0761. The first-order chi connectivity index (χ1) is 15.8. The Morgan fingerprint density at radius 1 is 1.03 bits per heavy atom. The Morgan fingerprint density at radius 3 is 2.36 bits per heavy atom. The molecule has 0 radical (unpaired) electrons. The molecule has 0 spiro atoms. The number of hydrogen-bond donors (Lipinski definition) is 1. The molecular weight excluding hydrogens is 510 g/mol. The minimum atomic E-state index is -3.99. The van der Waals surface area contributed by atoms with Crippen LogP contribution in [-0.2, 0) is 14.8 Å². The summed E-state index contributed by atoms with van der Waals surface area (Å²) in [6.07, 6.45) is 1.41. The molecule has 0 aliphatic carbocycles. The molecule has 3 aromatic carbocycles. The maximum absolute atomic E-state index is 13.3. The Kier molecular flexibility index (Phi) is 8.07. The fourth-order valence-corrected chi connectivity index (χ4v) is 4.61. The molecule has 0 aliphatic rings. The molecule has 0 saturated carbocycles. The predicted octanol–water partition coefficient (Wildman–Crippen LogP) is 3.81. The van der Waals surface area contributed by atoms with Gasteiger partial charge in [0.2, 0.25) is 0 Å². The largest absolute Gasteiger partial charge is 0.497 e. The van der Waals surface area contributed by atoms with Gasteiger partial charge in [-0.1, -0.05) is 34.1 Å². The van der Waals surface area contributed by atoms with Crippen molar-refractivity contribution in [3.05, 3.63) is 82.8 Å². The normalized spacial score (nSPS) is 11.2. The standard InChI is InChI=1S/C23H22BrN3O5S/c1-31-20-13-8-17(22(14-20)32-2)15-25-26-23(28)16-27(19-11-9-18(24)10-12-19)33(29,30)21-6-4-3-5-7-21/h3-15H,16H2,1-2H3,(H,26,28)/b25-15-. The number of carbonyl (C=O) groups excluding carboxylic acids is 1. The van der Waals surface area contributed by atoms with E-state index >= 15 is 0 Å². The molecule has 0 heterocycles. The lowest BCUT2D eigenvalue weighted by Gasteiger charge is -2.23. The van der Waals surface area contributed by atoms with E-state index in [4.69, 9.17) is 9.47 Å². The van der Waals surface area contributed by atoms with Crippen molar-refractivity contribution in [2.45, 2.75) is 4.90 Å². The Bertz CT molecular complexity index is 1230. The molecule has 1 N–H and O–H groups in total. The second-order valence-corrected chi connectivity index (χ2v) is 9.48. The molecule has 172 valence electrons. The molecule has 0 fully saturated rings. The highest BCUT2D eigenvalue weighted by Gasteiger charge is 2.27. The van der Waals surface area contributed by atoms with Gasteiger partial charge in [0.05, 0.1) is 31.0 Å². The number of nitrogens with one attached hydrogen (secondary N) is 1. The van der Waals surface area contributed by atoms with Crippen LogP contribution in [0.25, 0.3) is 0 Å². The molecule has 0 bridgehead atoms. The highest BCUT2D eigenvalue weighted by molar-refractivity contribution is 9.10. The number of anilines is 1. The van der Waals surface area contributed by atoms with E-state index in [0.717, 1.165) is 8.78 Å². The lowest BCUT2D eigenvalue weighted by atomic mass is 10.2. The molecule has 3 rings (SSSR count). The van der Waals surface area contributed by atoms with Crippen LogP contribution in [0.4, 0.5) is 5.69 Å². The Hall–Kier alpha value is -3.37. The van der Waals surface area contributed by atoms with Crippen LogP contribution >= 0.6 is 15.9 Å². The quantitative estimate of drug-likeness (QED) is 0.334. The molecule has 0 aliphatic heterocycles. The number of hydrogen-bond acceptors (Lipinski definition) is 6. The smallest absolute Gasteiger partial charge is 0.264 e. The van der Waals surface area contributed by atoms with Crippen LogP contribution in [0.15, 0.2) is 87.3 Å². The van der Waals surface area contributed by atoms with E-state index in [1.807, 2.05) is 0 Å². The fraction of sp³-hybridized carbons (Fsp3) is 0.130. The molecule has 0 aromatic heterocycles. The minimum Gasteiger partial charge on any atom is -0.497 e. The number of sulfonamides is 1. The van der Waals surface area contributed by atoms with E-state index in [1.54, 1.807) is 67.8 Å². The lowest BCUT2D eigenvalue weighted by Crippen LogP contribution is -2.39. The highest BCUT2D eigenvalue weighted by Crippen LogP contribution is 2.25. The number of benzene rings is 3. The van der Waals surface area contributed by atoms with Gasteiger partial charge in [-0.2, -0.15) is 5.10 Å². The van der Waals surface area contributed by atoms with Gasteiger partial charge in [0.15, 0.2) is 0 Å². The summed E-state index contributed by atoms with van der Waals surface area (Å²) >= 11 is 3.33. The summed E-state index contributed by atoms with van der Waals surface area (Å²) in [7, 11) is -0.932. The summed E-state index contributed by atoms with van der Waals surface area (Å²) in [5.74, 6) is 0.515. The van der Waals surface area contributed by atoms with Crippen molar-refractivity contribution < 1.29 is 22.7 Å². The molecule has 33 heavy (non-hydrogen) atoms. The molecule has 0 atom stereocenters. The van der Waals surface area contributed by atoms with Crippen LogP contribution in [-0.4, -0.2) is 41.3 Å². The van der Waals surface area contributed by atoms with Gasteiger partial charge in [0.1, 0.15) is 18.0 Å². The third kappa shape index (κ3) is 6.11. The Morgan fingerprint density at radius 2 is 1.73 bits per heavy atom. The van der Waals surface area contributed by atoms with Crippen LogP contribution < -0.4 is 19.2 Å². The maximum atomic E-state index is 13.3. The maximum Gasteiger partial charge on any atom is 0.264 e. The van der Waals surface area contributed by atoms with Gasteiger partial charge < -0.3 is 9.47 Å². The first-order valence-electron chi connectivity index (χ1n) is 9.72. The molecule has 1 amide bonds. The fourth-order valence-electron chi connectivity index (χ4n) is 2.91. The summed E-state index contributed by atoms with van der Waals surface area (Å²) in [5, 5.41) is 3.95. The van der Waals surface area contributed by atoms with Gasteiger partial charge in [-0.3, -0.25) is 9.10 Å². The zero-order valence-electron chi connectivity index (χ0n) is 17.9. The van der Waals surface area contributed by atoms with Crippen molar-refractivity contribution in [3.63, 3.8) is 0 Å². The third-order valence-corrected chi connectivity index (χ3v) is 6.88. The summed E-state index contributed by atoms with van der Waals surface area (Å²) in [6, 6.07) is 19.7. The number of amides is 1. The molecule has 3 aromatic rings. The highest BCUT2D eigenvalue weighted by atomic mass is 79.9. The van der Waals surface area contributed by atoms with Crippen LogP contribution in [0, 0.1) is 0 Å². The number of nitrogens with zero attached hydrogens (tertiary/aromatic N) is 2. The van der Waals surface area contributed by atoms with Gasteiger partial charge in [-0.05, 0) is 48.5 Å². The van der Waals surface area contributed by atoms with Crippen molar-refractivity contribution in [2.75, 3.05) is 25.1 Å². The SMILES string of the molecule is COc1ccc(/C=N\NC(=O)CN(c2ccc(Br)cc2)S(=O)(=O)c2ccccc2)c(OC)c1. The number of hydrazone groups is 1. The summed E-state index contributed by atoms with van der Waals surface area (Å²) < 4.78 is 38.8. The van der Waals surface area contributed by atoms with E-state index in [-0.39, 0.29) is 4.90 Å². The van der Waals surface area contributed by atoms with Crippen LogP contribution in [0.1, 0.15) is 5.56 Å². The zero-order chi connectivity index (χ0) is 23.8. The van der Waals surface area contributed by atoms with Crippen LogP contribution in [0.2, 0.25) is 0 Å². The molecule has 0 saturated heterocycles. The van der Waals surface area contributed by atoms with Gasteiger partial charge in [0.25, 0.3) is 15.9 Å². The lowest BCUT2D eigenvalue weighted by molar-refractivity contribution is -0.119. The average Bonchev–Trinajstić information content (AvgIpc) is 2.83. The van der Waals surface area contributed by atoms with Crippen LogP contribution in [0.3, 0.4) is 0 Å². The van der Waals surface area contributed by atoms with Crippen molar-refractivity contribution in [1.29, 1.82) is 0 Å². The zero-order valence-corrected chi connectivity index (χ0v) is 20.3. The molecule has 8 nitrogen and oxygen atoms in total. The molecular formula is C23H22BrN3O5S. The van der Waals surface area contributed by atoms with Gasteiger partial charge in [-0.25, -0.2) is 13.8 Å². The van der Waals surface area contributed by atoms with Gasteiger partial charge >= 0.3 is 0 Å². The molecule has 10 heteroatoms. The number of halogens is 1.